The molecule has 0 spiro atoms. The molecule has 2 aromatic rings. The molecule has 0 fully saturated rings. The average Bonchev–Trinajstić information content (AvgIpc) is 2.92. The van der Waals surface area contributed by atoms with Crippen molar-refractivity contribution >= 4 is 11.7 Å². The number of ether oxygens (including phenoxy) is 1. The van der Waals surface area contributed by atoms with E-state index in [2.05, 4.69) is 10.6 Å². The van der Waals surface area contributed by atoms with Crippen molar-refractivity contribution in [3.05, 3.63) is 47.7 Å². The van der Waals surface area contributed by atoms with Gasteiger partial charge in [0.25, 0.3) is 0 Å². The van der Waals surface area contributed by atoms with Crippen LogP contribution in [0.1, 0.15) is 18.4 Å². The number of furan rings is 1. The maximum absolute atomic E-state index is 13.4. The van der Waals surface area contributed by atoms with E-state index in [9.17, 15) is 14.3 Å². The molecule has 2 rings (SSSR count). The Morgan fingerprint density at radius 2 is 2.13 bits per heavy atom. The molecule has 23 heavy (non-hydrogen) atoms. The van der Waals surface area contributed by atoms with Crippen LogP contribution in [0.5, 0.6) is 5.75 Å². The maximum atomic E-state index is 13.4. The molecule has 0 aliphatic heterocycles. The Morgan fingerprint density at radius 3 is 2.74 bits per heavy atom. The highest BCUT2D eigenvalue weighted by molar-refractivity contribution is 5.89. The van der Waals surface area contributed by atoms with Gasteiger partial charge in [-0.2, -0.15) is 0 Å². The second-order valence-electron chi connectivity index (χ2n) is 5.37. The lowest BCUT2D eigenvalue weighted by molar-refractivity contribution is 0.0364. The summed E-state index contributed by atoms with van der Waals surface area (Å²) in [6.45, 7) is 3.21. The van der Waals surface area contributed by atoms with Crippen molar-refractivity contribution in [1.29, 1.82) is 0 Å². The number of carbonyl (C=O) groups excluding carboxylic acids is 1. The Kier molecular flexibility index (Phi) is 4.90. The molecular weight excluding hydrogens is 303 g/mol. The van der Waals surface area contributed by atoms with Gasteiger partial charge in [0.05, 0.1) is 13.7 Å². The zero-order valence-corrected chi connectivity index (χ0v) is 13.1. The first kappa shape index (κ1) is 16.8. The van der Waals surface area contributed by atoms with E-state index in [1.165, 1.54) is 26.2 Å². The van der Waals surface area contributed by atoms with Gasteiger partial charge < -0.3 is 24.9 Å². The molecule has 0 aliphatic carbocycles. The van der Waals surface area contributed by atoms with Crippen molar-refractivity contribution in [1.82, 2.24) is 5.32 Å². The van der Waals surface area contributed by atoms with Gasteiger partial charge in [-0.15, -0.1) is 0 Å². The van der Waals surface area contributed by atoms with Crippen molar-refractivity contribution < 1.29 is 23.4 Å². The van der Waals surface area contributed by atoms with Gasteiger partial charge in [0, 0.05) is 17.8 Å². The SMILES string of the molecule is COc1cc(F)cc(NC(=O)NCC(C)(O)c2ccc(C)o2)c1. The zero-order chi connectivity index (χ0) is 17.0. The Bertz CT molecular complexity index is 697. The number of rotatable bonds is 5. The van der Waals surface area contributed by atoms with Crippen molar-refractivity contribution in [2.45, 2.75) is 19.4 Å². The summed E-state index contributed by atoms with van der Waals surface area (Å²) >= 11 is 0. The molecule has 0 saturated carbocycles. The highest BCUT2D eigenvalue weighted by atomic mass is 19.1. The molecule has 1 atom stereocenters. The maximum Gasteiger partial charge on any atom is 0.319 e. The van der Waals surface area contributed by atoms with E-state index in [1.54, 1.807) is 19.1 Å². The van der Waals surface area contributed by atoms with Crippen LogP contribution in [0, 0.1) is 12.7 Å². The summed E-state index contributed by atoms with van der Waals surface area (Å²) in [5.74, 6) is 0.773. The fourth-order valence-corrected chi connectivity index (χ4v) is 1.99. The third-order valence-corrected chi connectivity index (χ3v) is 3.23. The van der Waals surface area contributed by atoms with Gasteiger partial charge in [-0.1, -0.05) is 0 Å². The monoisotopic (exact) mass is 322 g/mol. The fraction of sp³-hybridized carbons (Fsp3) is 0.312. The number of halogens is 1. The van der Waals surface area contributed by atoms with Crippen molar-refractivity contribution in [2.75, 3.05) is 19.0 Å². The van der Waals surface area contributed by atoms with Gasteiger partial charge in [0.15, 0.2) is 0 Å². The van der Waals surface area contributed by atoms with Crippen LogP contribution in [0.2, 0.25) is 0 Å². The van der Waals surface area contributed by atoms with Crippen LogP contribution in [0.25, 0.3) is 0 Å². The largest absolute Gasteiger partial charge is 0.497 e. The standard InChI is InChI=1S/C16H19FN2O4/c1-10-4-5-14(23-10)16(2,21)9-18-15(20)19-12-6-11(17)7-13(8-12)22-3/h4-8,21H,9H2,1-3H3,(H2,18,19,20). The van der Waals surface area contributed by atoms with E-state index in [0.29, 0.717) is 17.3 Å². The second kappa shape index (κ2) is 6.70. The lowest BCUT2D eigenvalue weighted by atomic mass is 10.0. The number of hydrogen-bond acceptors (Lipinski definition) is 4. The number of urea groups is 1. The predicted molar refractivity (Wildman–Crippen MR) is 83.0 cm³/mol. The zero-order valence-electron chi connectivity index (χ0n) is 13.1. The number of nitrogens with one attached hydrogen (secondary N) is 2. The van der Waals surface area contributed by atoms with E-state index < -0.39 is 17.4 Å². The molecule has 2 amide bonds. The first-order chi connectivity index (χ1) is 10.8. The number of aliphatic hydroxyl groups is 1. The van der Waals surface area contributed by atoms with Crippen molar-refractivity contribution in [2.24, 2.45) is 0 Å². The molecule has 6 nitrogen and oxygen atoms in total. The van der Waals surface area contributed by atoms with Gasteiger partial charge in [0.1, 0.15) is 28.7 Å². The molecular formula is C16H19FN2O4. The molecule has 0 aliphatic rings. The van der Waals surface area contributed by atoms with Crippen molar-refractivity contribution in [3.8, 4) is 5.75 Å². The fourth-order valence-electron chi connectivity index (χ4n) is 1.99. The normalized spacial score (nSPS) is 13.3. The summed E-state index contributed by atoms with van der Waals surface area (Å²) in [5, 5.41) is 15.3. The summed E-state index contributed by atoms with van der Waals surface area (Å²) in [6, 6.07) is 6.64. The van der Waals surface area contributed by atoms with Crippen LogP contribution < -0.4 is 15.4 Å². The van der Waals surface area contributed by atoms with Crippen molar-refractivity contribution in [3.63, 3.8) is 0 Å². The number of methoxy groups -OCH3 is 1. The number of anilines is 1. The topological polar surface area (TPSA) is 83.7 Å². The lowest BCUT2D eigenvalue weighted by Gasteiger charge is -2.21. The van der Waals surface area contributed by atoms with E-state index >= 15 is 0 Å². The molecule has 1 aromatic carbocycles. The summed E-state index contributed by atoms with van der Waals surface area (Å²) in [5.41, 5.74) is -1.11. The van der Waals surface area contributed by atoms with Gasteiger partial charge in [0.2, 0.25) is 0 Å². The van der Waals surface area contributed by atoms with E-state index in [4.69, 9.17) is 9.15 Å². The Balaban J connectivity index is 1.96. The summed E-state index contributed by atoms with van der Waals surface area (Å²) in [4.78, 5) is 11.9. The minimum Gasteiger partial charge on any atom is -0.497 e. The average molecular weight is 322 g/mol. The number of aryl methyl sites for hydroxylation is 1. The summed E-state index contributed by atoms with van der Waals surface area (Å²) in [7, 11) is 1.40. The smallest absolute Gasteiger partial charge is 0.319 e. The molecule has 124 valence electrons. The van der Waals surface area contributed by atoms with E-state index in [-0.39, 0.29) is 12.2 Å². The first-order valence-corrected chi connectivity index (χ1v) is 6.99. The third-order valence-electron chi connectivity index (χ3n) is 3.23. The number of hydrogen-bond donors (Lipinski definition) is 3. The molecule has 0 bridgehead atoms. The molecule has 3 N–H and O–H groups in total. The quantitative estimate of drug-likeness (QED) is 0.790. The molecule has 1 unspecified atom stereocenters. The van der Waals surface area contributed by atoms with Gasteiger partial charge in [-0.05, 0) is 32.0 Å². The van der Waals surface area contributed by atoms with E-state index in [1.807, 2.05) is 0 Å². The Hall–Kier alpha value is -2.54. The van der Waals surface area contributed by atoms with Crippen LogP contribution in [-0.4, -0.2) is 24.8 Å². The molecule has 7 heteroatoms. The Labute approximate surface area is 133 Å². The van der Waals surface area contributed by atoms with Gasteiger partial charge >= 0.3 is 6.03 Å². The van der Waals surface area contributed by atoms with Gasteiger partial charge in [-0.25, -0.2) is 9.18 Å². The van der Waals surface area contributed by atoms with E-state index in [0.717, 1.165) is 6.07 Å². The number of amides is 2. The Morgan fingerprint density at radius 1 is 1.39 bits per heavy atom. The number of benzene rings is 1. The minimum atomic E-state index is -1.36. The third kappa shape index (κ3) is 4.46. The predicted octanol–water partition coefficient (Wildman–Crippen LogP) is 2.76. The minimum absolute atomic E-state index is 0.0712. The van der Waals surface area contributed by atoms with Gasteiger partial charge in [-0.3, -0.25) is 0 Å². The highest BCUT2D eigenvalue weighted by Gasteiger charge is 2.27. The molecule has 0 saturated heterocycles. The molecule has 1 aromatic heterocycles. The highest BCUT2D eigenvalue weighted by Crippen LogP contribution is 2.22. The number of carbonyl (C=O) groups is 1. The summed E-state index contributed by atoms with van der Waals surface area (Å²) < 4.78 is 23.6. The molecule has 1 heterocycles. The lowest BCUT2D eigenvalue weighted by Crippen LogP contribution is -2.40. The second-order valence-corrected chi connectivity index (χ2v) is 5.37. The first-order valence-electron chi connectivity index (χ1n) is 6.99. The van der Waals surface area contributed by atoms with Crippen LogP contribution >= 0.6 is 0 Å². The van der Waals surface area contributed by atoms with Crippen LogP contribution in [0.4, 0.5) is 14.9 Å². The van der Waals surface area contributed by atoms with Crippen LogP contribution in [0.3, 0.4) is 0 Å². The summed E-state index contributed by atoms with van der Waals surface area (Å²) in [6.07, 6.45) is 0. The van der Waals surface area contributed by atoms with Crippen LogP contribution in [0.15, 0.2) is 34.7 Å². The molecule has 0 radical (unpaired) electrons. The van der Waals surface area contributed by atoms with Crippen LogP contribution in [-0.2, 0) is 5.60 Å².